The molecule has 1 atom stereocenters. The molecule has 1 amide bonds. The third-order valence-corrected chi connectivity index (χ3v) is 4.52. The summed E-state index contributed by atoms with van der Waals surface area (Å²) >= 11 is 0. The Morgan fingerprint density at radius 3 is 3.00 bits per heavy atom. The van der Waals surface area contributed by atoms with Gasteiger partial charge in [-0.3, -0.25) is 4.79 Å². The van der Waals surface area contributed by atoms with Crippen molar-refractivity contribution in [1.29, 1.82) is 0 Å². The van der Waals surface area contributed by atoms with E-state index in [1.165, 1.54) is 12.1 Å². The molecular formula is C16H21FN4O. The average molecular weight is 304 g/mol. The van der Waals surface area contributed by atoms with Crippen LogP contribution in [0.5, 0.6) is 0 Å². The number of rotatable bonds is 5. The van der Waals surface area contributed by atoms with Crippen LogP contribution >= 0.6 is 0 Å². The highest BCUT2D eigenvalue weighted by molar-refractivity contribution is 5.79. The first-order chi connectivity index (χ1) is 10.6. The van der Waals surface area contributed by atoms with Crippen molar-refractivity contribution in [2.75, 3.05) is 19.6 Å². The van der Waals surface area contributed by atoms with Gasteiger partial charge in [0, 0.05) is 32.0 Å². The zero-order valence-electron chi connectivity index (χ0n) is 12.9. The van der Waals surface area contributed by atoms with Crippen molar-refractivity contribution in [1.82, 2.24) is 20.2 Å². The lowest BCUT2D eigenvalue weighted by Gasteiger charge is -2.31. The number of aromatic nitrogens is 2. The number of nitrogens with one attached hydrogen (secondary N) is 2. The molecule has 1 fully saturated rings. The molecule has 1 unspecified atom stereocenters. The van der Waals surface area contributed by atoms with E-state index in [9.17, 15) is 9.18 Å². The van der Waals surface area contributed by atoms with Gasteiger partial charge in [-0.15, -0.1) is 0 Å². The molecule has 1 aromatic carbocycles. The highest BCUT2D eigenvalue weighted by Crippen LogP contribution is 2.17. The summed E-state index contributed by atoms with van der Waals surface area (Å²) in [5, 5.41) is 6.15. The van der Waals surface area contributed by atoms with Gasteiger partial charge < -0.3 is 15.2 Å². The molecule has 1 aliphatic rings. The average Bonchev–Trinajstić information content (AvgIpc) is 2.72. The standard InChI is InChI=1S/C16H21FN4O/c1-10(11-8-18-9-11)16(22)19-6-5-15-20-13-7-12(17)3-4-14(13)21(15)2/h3-4,7,10-11,18H,5-6,8-9H2,1-2H3,(H,19,22). The molecule has 22 heavy (non-hydrogen) atoms. The number of nitrogens with zero attached hydrogens (tertiary/aromatic N) is 2. The summed E-state index contributed by atoms with van der Waals surface area (Å²) in [6.07, 6.45) is 0.633. The Balaban J connectivity index is 1.59. The molecule has 1 saturated heterocycles. The summed E-state index contributed by atoms with van der Waals surface area (Å²) in [6, 6.07) is 4.60. The highest BCUT2D eigenvalue weighted by Gasteiger charge is 2.28. The molecule has 1 aliphatic heterocycles. The second-order valence-corrected chi connectivity index (χ2v) is 5.97. The van der Waals surface area contributed by atoms with E-state index >= 15 is 0 Å². The maximum Gasteiger partial charge on any atom is 0.223 e. The molecule has 0 saturated carbocycles. The molecule has 2 aromatic rings. The summed E-state index contributed by atoms with van der Waals surface area (Å²) < 4.78 is 15.2. The third kappa shape index (κ3) is 2.83. The van der Waals surface area contributed by atoms with Crippen molar-refractivity contribution >= 4 is 16.9 Å². The van der Waals surface area contributed by atoms with Gasteiger partial charge in [-0.25, -0.2) is 9.37 Å². The number of hydrogen-bond donors (Lipinski definition) is 2. The van der Waals surface area contributed by atoms with Crippen LogP contribution in [0.15, 0.2) is 18.2 Å². The lowest BCUT2D eigenvalue weighted by Crippen LogP contribution is -2.49. The monoisotopic (exact) mass is 304 g/mol. The van der Waals surface area contributed by atoms with Crippen LogP contribution in [-0.4, -0.2) is 35.1 Å². The van der Waals surface area contributed by atoms with Gasteiger partial charge in [0.25, 0.3) is 0 Å². The van der Waals surface area contributed by atoms with E-state index in [0.717, 1.165) is 24.4 Å². The van der Waals surface area contributed by atoms with Gasteiger partial charge in [0.1, 0.15) is 11.6 Å². The molecule has 3 rings (SSSR count). The number of halogens is 1. The zero-order valence-corrected chi connectivity index (χ0v) is 12.9. The largest absolute Gasteiger partial charge is 0.355 e. The fourth-order valence-corrected chi connectivity index (χ4v) is 2.78. The summed E-state index contributed by atoms with van der Waals surface area (Å²) in [7, 11) is 1.91. The fourth-order valence-electron chi connectivity index (χ4n) is 2.78. The maximum absolute atomic E-state index is 13.2. The molecular weight excluding hydrogens is 283 g/mol. The predicted octanol–water partition coefficient (Wildman–Crippen LogP) is 1.23. The van der Waals surface area contributed by atoms with E-state index in [2.05, 4.69) is 15.6 Å². The minimum Gasteiger partial charge on any atom is -0.355 e. The molecule has 0 spiro atoms. The fraction of sp³-hybridized carbons (Fsp3) is 0.500. The molecule has 6 heteroatoms. The maximum atomic E-state index is 13.2. The summed E-state index contributed by atoms with van der Waals surface area (Å²) in [4.78, 5) is 16.5. The van der Waals surface area contributed by atoms with Crippen LogP contribution in [0.1, 0.15) is 12.7 Å². The Kier molecular flexibility index (Phi) is 4.11. The molecule has 0 aliphatic carbocycles. The molecule has 2 heterocycles. The first kappa shape index (κ1) is 15.0. The van der Waals surface area contributed by atoms with Crippen molar-refractivity contribution in [3.05, 3.63) is 29.8 Å². The lowest BCUT2D eigenvalue weighted by atomic mass is 9.88. The van der Waals surface area contributed by atoms with Gasteiger partial charge in [0.15, 0.2) is 0 Å². The Bertz CT molecular complexity index is 693. The van der Waals surface area contributed by atoms with E-state index < -0.39 is 0 Å². The topological polar surface area (TPSA) is 59.0 Å². The Hall–Kier alpha value is -1.95. The van der Waals surface area contributed by atoms with Crippen molar-refractivity contribution in [2.45, 2.75) is 13.3 Å². The number of carbonyl (C=O) groups is 1. The van der Waals surface area contributed by atoms with Gasteiger partial charge in [-0.05, 0) is 31.1 Å². The molecule has 0 bridgehead atoms. The SMILES string of the molecule is CC(C(=O)NCCc1nc2cc(F)ccc2n1C)C1CNC1. The molecule has 118 valence electrons. The van der Waals surface area contributed by atoms with E-state index in [0.29, 0.717) is 24.4 Å². The second kappa shape index (κ2) is 6.04. The first-order valence-electron chi connectivity index (χ1n) is 7.65. The second-order valence-electron chi connectivity index (χ2n) is 5.97. The number of benzene rings is 1. The van der Waals surface area contributed by atoms with Crippen LogP contribution in [0.4, 0.5) is 4.39 Å². The summed E-state index contributed by atoms with van der Waals surface area (Å²) in [5.41, 5.74) is 1.55. The van der Waals surface area contributed by atoms with Gasteiger partial charge in [0.05, 0.1) is 11.0 Å². The summed E-state index contributed by atoms with van der Waals surface area (Å²) in [6.45, 7) is 4.36. The van der Waals surface area contributed by atoms with Crippen molar-refractivity contribution < 1.29 is 9.18 Å². The Labute approximate surface area is 128 Å². The Morgan fingerprint density at radius 1 is 1.55 bits per heavy atom. The number of fused-ring (bicyclic) bond motifs is 1. The van der Waals surface area contributed by atoms with Crippen LogP contribution in [0.3, 0.4) is 0 Å². The van der Waals surface area contributed by atoms with Crippen LogP contribution in [0, 0.1) is 17.7 Å². The van der Waals surface area contributed by atoms with Crippen molar-refractivity contribution in [2.24, 2.45) is 18.9 Å². The smallest absolute Gasteiger partial charge is 0.223 e. The lowest BCUT2D eigenvalue weighted by molar-refractivity contribution is -0.126. The molecule has 0 radical (unpaired) electrons. The molecule has 1 aromatic heterocycles. The van der Waals surface area contributed by atoms with Crippen molar-refractivity contribution in [3.63, 3.8) is 0 Å². The van der Waals surface area contributed by atoms with Crippen LogP contribution < -0.4 is 10.6 Å². The Morgan fingerprint density at radius 2 is 2.32 bits per heavy atom. The van der Waals surface area contributed by atoms with Crippen molar-refractivity contribution in [3.8, 4) is 0 Å². The molecule has 5 nitrogen and oxygen atoms in total. The van der Waals surface area contributed by atoms with Gasteiger partial charge >= 0.3 is 0 Å². The van der Waals surface area contributed by atoms with E-state index in [-0.39, 0.29) is 17.6 Å². The minimum atomic E-state index is -0.284. The van der Waals surface area contributed by atoms with Crippen LogP contribution in [0.2, 0.25) is 0 Å². The summed E-state index contributed by atoms with van der Waals surface area (Å²) in [5.74, 6) is 1.14. The molecule has 2 N–H and O–H groups in total. The van der Waals surface area contributed by atoms with E-state index in [1.54, 1.807) is 6.07 Å². The number of amides is 1. The van der Waals surface area contributed by atoms with Crippen LogP contribution in [0.25, 0.3) is 11.0 Å². The van der Waals surface area contributed by atoms with E-state index in [1.807, 2.05) is 18.5 Å². The quantitative estimate of drug-likeness (QED) is 0.873. The van der Waals surface area contributed by atoms with Gasteiger partial charge in [0.2, 0.25) is 5.91 Å². The number of aryl methyl sites for hydroxylation is 1. The highest BCUT2D eigenvalue weighted by atomic mass is 19.1. The number of carbonyl (C=O) groups excluding carboxylic acids is 1. The predicted molar refractivity (Wildman–Crippen MR) is 82.9 cm³/mol. The minimum absolute atomic E-state index is 0.0378. The number of hydrogen-bond acceptors (Lipinski definition) is 3. The third-order valence-electron chi connectivity index (χ3n) is 4.52. The van der Waals surface area contributed by atoms with Gasteiger partial charge in [-0.1, -0.05) is 6.92 Å². The first-order valence-corrected chi connectivity index (χ1v) is 7.65. The van der Waals surface area contributed by atoms with Crippen LogP contribution in [-0.2, 0) is 18.3 Å². The zero-order chi connectivity index (χ0) is 15.7. The van der Waals surface area contributed by atoms with Gasteiger partial charge in [-0.2, -0.15) is 0 Å². The normalized spacial score (nSPS) is 16.5. The number of imidazole rings is 1. The van der Waals surface area contributed by atoms with E-state index in [4.69, 9.17) is 0 Å².